The number of sulfone groups is 1. The highest BCUT2D eigenvalue weighted by Crippen LogP contribution is 2.61. The molecular weight excluding hydrogens is 278 g/mol. The van der Waals surface area contributed by atoms with Gasteiger partial charge in [0.1, 0.15) is 17.5 Å². The first kappa shape index (κ1) is 14.5. The monoisotopic (exact) mass is 293 g/mol. The van der Waals surface area contributed by atoms with Crippen molar-refractivity contribution >= 4 is 16.1 Å². The van der Waals surface area contributed by atoms with Gasteiger partial charge in [-0.05, 0) is 17.7 Å². The second-order valence-electron chi connectivity index (χ2n) is 4.79. The molecular formula is C14H15NO4S. The zero-order chi connectivity index (χ0) is 15.0. The van der Waals surface area contributed by atoms with Crippen molar-refractivity contribution < 1.29 is 17.9 Å². The summed E-state index contributed by atoms with van der Waals surface area (Å²) in [4.78, 5) is 11.3. The molecule has 1 aliphatic rings. The number of ether oxygens (including phenoxy) is 1. The van der Waals surface area contributed by atoms with E-state index in [1.165, 1.54) is 14.0 Å². The number of nitrogens with zero attached hydrogens (tertiary/aromatic N) is 1. The maximum atomic E-state index is 12.1. The van der Waals surface area contributed by atoms with Crippen LogP contribution in [0.2, 0.25) is 0 Å². The van der Waals surface area contributed by atoms with Crippen molar-refractivity contribution in [3.63, 3.8) is 0 Å². The van der Waals surface area contributed by atoms with Gasteiger partial charge in [0.25, 0.3) is 0 Å². The van der Waals surface area contributed by atoms with Gasteiger partial charge in [0.2, 0.25) is 0 Å². The maximum Gasteiger partial charge on any atom is 0.155 e. The normalized spacial score (nSPS) is 28.4. The third-order valence-corrected chi connectivity index (χ3v) is 6.07. The Balaban J connectivity index is 2.44. The second-order valence-corrected chi connectivity index (χ2v) is 7.20. The molecule has 5 nitrogen and oxygen atoms in total. The third kappa shape index (κ3) is 1.98. The number of rotatable bonds is 5. The highest BCUT2D eigenvalue weighted by Gasteiger charge is 2.72. The average Bonchev–Trinajstić information content (AvgIpc) is 3.18. The van der Waals surface area contributed by atoms with Crippen molar-refractivity contribution in [3.05, 3.63) is 29.8 Å². The lowest BCUT2D eigenvalue weighted by molar-refractivity contribution is -0.110. The van der Waals surface area contributed by atoms with E-state index >= 15 is 0 Å². The number of carbonyl (C=O) groups is 1. The van der Waals surface area contributed by atoms with Crippen LogP contribution < -0.4 is 4.74 Å². The molecule has 6 heteroatoms. The number of methoxy groups -OCH3 is 1. The molecule has 0 bridgehead atoms. The fourth-order valence-corrected chi connectivity index (χ4v) is 4.55. The minimum atomic E-state index is -3.45. The number of nitriles is 1. The van der Waals surface area contributed by atoms with E-state index in [1.54, 1.807) is 24.3 Å². The molecule has 0 aromatic heterocycles. The molecule has 3 atom stereocenters. The summed E-state index contributed by atoms with van der Waals surface area (Å²) < 4.78 is 29.2. The van der Waals surface area contributed by atoms with Crippen LogP contribution in [0.3, 0.4) is 0 Å². The van der Waals surface area contributed by atoms with Gasteiger partial charge in [-0.3, -0.25) is 0 Å². The van der Waals surface area contributed by atoms with Gasteiger partial charge in [-0.2, -0.15) is 5.26 Å². The van der Waals surface area contributed by atoms with Crippen LogP contribution in [0.4, 0.5) is 0 Å². The molecule has 1 aromatic carbocycles. The van der Waals surface area contributed by atoms with Crippen LogP contribution in [-0.2, 0) is 14.6 Å². The largest absolute Gasteiger partial charge is 0.497 e. The summed E-state index contributed by atoms with van der Waals surface area (Å²) in [5.41, 5.74) is -0.787. The van der Waals surface area contributed by atoms with Gasteiger partial charge in [0.05, 0.1) is 18.4 Å². The first-order valence-corrected chi connectivity index (χ1v) is 7.91. The molecule has 1 fully saturated rings. The van der Waals surface area contributed by atoms with Gasteiger partial charge >= 0.3 is 0 Å². The fraction of sp³-hybridized carbons (Fsp3) is 0.429. The molecule has 0 radical (unpaired) electrons. The summed E-state index contributed by atoms with van der Waals surface area (Å²) in [6, 6.07) is 8.67. The van der Waals surface area contributed by atoms with Crippen molar-refractivity contribution in [1.29, 1.82) is 5.26 Å². The summed E-state index contributed by atoms with van der Waals surface area (Å²) >= 11 is 0. The lowest BCUT2D eigenvalue weighted by Crippen LogP contribution is -2.17. The fourth-order valence-electron chi connectivity index (χ4n) is 2.62. The van der Waals surface area contributed by atoms with Crippen LogP contribution in [0.1, 0.15) is 18.4 Å². The van der Waals surface area contributed by atoms with Crippen molar-refractivity contribution in [2.45, 2.75) is 18.1 Å². The number of carbonyl (C=O) groups excluding carboxylic acids is 1. The topological polar surface area (TPSA) is 84.2 Å². The van der Waals surface area contributed by atoms with Crippen molar-refractivity contribution in [2.24, 2.45) is 5.41 Å². The molecule has 0 spiro atoms. The highest BCUT2D eigenvalue weighted by molar-refractivity contribution is 7.92. The number of benzene rings is 1. The van der Waals surface area contributed by atoms with E-state index in [1.807, 2.05) is 6.07 Å². The first-order chi connectivity index (χ1) is 9.46. The van der Waals surface area contributed by atoms with Gasteiger partial charge in [-0.25, -0.2) is 8.42 Å². The molecule has 106 valence electrons. The van der Waals surface area contributed by atoms with E-state index in [0.29, 0.717) is 17.6 Å². The Morgan fingerprint density at radius 3 is 2.40 bits per heavy atom. The summed E-state index contributed by atoms with van der Waals surface area (Å²) in [6.07, 6.45) is 0.472. The summed E-state index contributed by atoms with van der Waals surface area (Å²) in [5.74, 6) is -0.0412. The van der Waals surface area contributed by atoms with Crippen LogP contribution in [0.15, 0.2) is 24.3 Å². The van der Waals surface area contributed by atoms with Crippen molar-refractivity contribution in [2.75, 3.05) is 12.9 Å². The smallest absolute Gasteiger partial charge is 0.155 e. The van der Waals surface area contributed by atoms with Gasteiger partial charge in [0.15, 0.2) is 9.84 Å². The van der Waals surface area contributed by atoms with Crippen molar-refractivity contribution in [3.8, 4) is 11.8 Å². The standard InChI is InChI=1S/C14H15NO4S/c1-3-20(17,18)13-12(14(13,8-15)9-16)10-4-6-11(19-2)7-5-10/h4-7,9,12-13H,3H2,1-2H3/t12-,13+,14+/m0/s1. The first-order valence-electron chi connectivity index (χ1n) is 6.20. The van der Waals surface area contributed by atoms with Crippen LogP contribution in [0.25, 0.3) is 0 Å². The van der Waals surface area contributed by atoms with E-state index < -0.39 is 26.4 Å². The predicted molar refractivity (Wildman–Crippen MR) is 73.1 cm³/mol. The number of aldehydes is 1. The summed E-state index contributed by atoms with van der Waals surface area (Å²) in [6.45, 7) is 1.52. The van der Waals surface area contributed by atoms with Crippen LogP contribution >= 0.6 is 0 Å². The molecule has 1 aromatic rings. The van der Waals surface area contributed by atoms with Gasteiger partial charge < -0.3 is 9.53 Å². The van der Waals surface area contributed by atoms with Crippen LogP contribution in [0, 0.1) is 16.7 Å². The van der Waals surface area contributed by atoms with Crippen molar-refractivity contribution in [1.82, 2.24) is 0 Å². The zero-order valence-corrected chi connectivity index (χ0v) is 12.1. The zero-order valence-electron chi connectivity index (χ0n) is 11.2. The van der Waals surface area contributed by atoms with E-state index in [-0.39, 0.29) is 5.75 Å². The SMILES string of the molecule is CCS(=O)(=O)[C@@H]1[C@H](c2ccc(OC)cc2)[C@@]1(C#N)C=O. The van der Waals surface area contributed by atoms with Crippen LogP contribution in [0.5, 0.6) is 5.75 Å². The Labute approximate surface area is 118 Å². The summed E-state index contributed by atoms with van der Waals surface area (Å²) in [5, 5.41) is 8.30. The highest BCUT2D eigenvalue weighted by atomic mass is 32.2. The van der Waals surface area contributed by atoms with Crippen LogP contribution in [-0.4, -0.2) is 32.8 Å². The second kappa shape index (κ2) is 4.91. The molecule has 2 rings (SSSR count). The Hall–Kier alpha value is -1.87. The van der Waals surface area contributed by atoms with E-state index in [2.05, 4.69) is 0 Å². The van der Waals surface area contributed by atoms with Gasteiger partial charge in [-0.15, -0.1) is 0 Å². The molecule has 0 aliphatic heterocycles. The Kier molecular flexibility index (Phi) is 3.57. The Morgan fingerprint density at radius 1 is 1.40 bits per heavy atom. The lowest BCUT2D eigenvalue weighted by atomic mass is 10.0. The van der Waals surface area contributed by atoms with E-state index in [4.69, 9.17) is 4.74 Å². The maximum absolute atomic E-state index is 12.1. The predicted octanol–water partition coefficient (Wildman–Crippen LogP) is 1.30. The molecule has 0 N–H and O–H groups in total. The minimum absolute atomic E-state index is 0.0818. The molecule has 0 heterocycles. The van der Waals surface area contributed by atoms with E-state index in [0.717, 1.165) is 0 Å². The number of hydrogen-bond acceptors (Lipinski definition) is 5. The quantitative estimate of drug-likeness (QED) is 0.764. The van der Waals surface area contributed by atoms with Gasteiger partial charge in [-0.1, -0.05) is 19.1 Å². The molecule has 0 unspecified atom stereocenters. The molecule has 0 amide bonds. The molecule has 20 heavy (non-hydrogen) atoms. The Morgan fingerprint density at radius 2 is 2.00 bits per heavy atom. The molecule has 0 saturated heterocycles. The summed E-state index contributed by atoms with van der Waals surface area (Å²) in [7, 11) is -1.93. The third-order valence-electron chi connectivity index (χ3n) is 3.83. The molecule has 1 saturated carbocycles. The average molecular weight is 293 g/mol. The lowest BCUT2D eigenvalue weighted by Gasteiger charge is -2.03. The van der Waals surface area contributed by atoms with Gasteiger partial charge in [0, 0.05) is 11.7 Å². The Bertz CT molecular complexity index is 659. The minimum Gasteiger partial charge on any atom is -0.497 e. The molecule has 1 aliphatic carbocycles. The van der Waals surface area contributed by atoms with E-state index in [9.17, 15) is 18.5 Å². The number of hydrogen-bond donors (Lipinski definition) is 0.